The van der Waals surface area contributed by atoms with E-state index in [0.717, 1.165) is 16.8 Å². The Bertz CT molecular complexity index is 694. The predicted molar refractivity (Wildman–Crippen MR) is 93.0 cm³/mol. The lowest BCUT2D eigenvalue weighted by Gasteiger charge is -2.36. The number of benzene rings is 2. The predicted octanol–water partition coefficient (Wildman–Crippen LogP) is 4.34. The molecule has 1 N–H and O–H groups in total. The first kappa shape index (κ1) is 16.0. The van der Waals surface area contributed by atoms with Gasteiger partial charge in [-0.1, -0.05) is 48.0 Å². The van der Waals surface area contributed by atoms with E-state index in [0.29, 0.717) is 31.1 Å². The number of hydrogen-bond donors (Lipinski definition) is 1. The molecule has 120 valence electrons. The maximum atomic E-state index is 13.1. The third-order valence-corrected chi connectivity index (χ3v) is 4.94. The summed E-state index contributed by atoms with van der Waals surface area (Å²) >= 11 is 6.16. The van der Waals surface area contributed by atoms with Crippen molar-refractivity contribution in [3.63, 3.8) is 0 Å². The van der Waals surface area contributed by atoms with Gasteiger partial charge in [0.1, 0.15) is 0 Å². The summed E-state index contributed by atoms with van der Waals surface area (Å²) in [6.45, 7) is 3.13. The number of nitrogens with one attached hydrogen (secondary N) is 1. The Balaban J connectivity index is 1.90. The van der Waals surface area contributed by atoms with Gasteiger partial charge in [-0.2, -0.15) is 0 Å². The Hall–Kier alpha value is -1.84. The Labute approximate surface area is 141 Å². The molecule has 3 rings (SSSR count). The topological polar surface area (TPSA) is 38.3 Å². The second kappa shape index (κ2) is 6.73. The number of hydrogen-bond acceptors (Lipinski definition) is 2. The highest BCUT2D eigenvalue weighted by Crippen LogP contribution is 2.36. The fraction of sp³-hybridized carbons (Fsp3) is 0.316. The number of ether oxygens (including phenoxy) is 1. The minimum absolute atomic E-state index is 0.00641. The molecule has 1 aliphatic heterocycles. The highest BCUT2D eigenvalue weighted by atomic mass is 35.5. The Morgan fingerprint density at radius 3 is 2.48 bits per heavy atom. The lowest BCUT2D eigenvalue weighted by Crippen LogP contribution is -2.44. The van der Waals surface area contributed by atoms with E-state index in [9.17, 15) is 4.79 Å². The van der Waals surface area contributed by atoms with Gasteiger partial charge in [0, 0.05) is 23.9 Å². The van der Waals surface area contributed by atoms with E-state index < -0.39 is 5.41 Å². The van der Waals surface area contributed by atoms with Gasteiger partial charge in [0.25, 0.3) is 0 Å². The van der Waals surface area contributed by atoms with E-state index in [4.69, 9.17) is 16.3 Å². The van der Waals surface area contributed by atoms with Crippen LogP contribution in [0.1, 0.15) is 24.0 Å². The maximum Gasteiger partial charge on any atom is 0.235 e. The summed E-state index contributed by atoms with van der Waals surface area (Å²) in [6, 6.07) is 15.6. The lowest BCUT2D eigenvalue weighted by atomic mass is 9.73. The molecule has 2 aromatic carbocycles. The minimum Gasteiger partial charge on any atom is -0.381 e. The molecule has 1 saturated heterocycles. The minimum atomic E-state index is -0.545. The molecule has 3 nitrogen and oxygen atoms in total. The van der Waals surface area contributed by atoms with Crippen LogP contribution >= 0.6 is 11.6 Å². The van der Waals surface area contributed by atoms with Gasteiger partial charge in [0.2, 0.25) is 5.91 Å². The smallest absolute Gasteiger partial charge is 0.235 e. The maximum absolute atomic E-state index is 13.1. The van der Waals surface area contributed by atoms with Crippen molar-refractivity contribution in [3.05, 3.63) is 64.7 Å². The number of amides is 1. The normalized spacial score (nSPS) is 16.8. The quantitative estimate of drug-likeness (QED) is 0.910. The SMILES string of the molecule is Cc1ccc(NC(=O)C2(c3ccccc3)CCOCC2)cc1Cl. The molecule has 1 amide bonds. The van der Waals surface area contributed by atoms with Crippen LogP contribution in [0.25, 0.3) is 0 Å². The van der Waals surface area contributed by atoms with E-state index >= 15 is 0 Å². The monoisotopic (exact) mass is 329 g/mol. The van der Waals surface area contributed by atoms with Crippen LogP contribution < -0.4 is 5.32 Å². The summed E-state index contributed by atoms with van der Waals surface area (Å²) in [5.41, 5.74) is 2.22. The fourth-order valence-corrected chi connectivity index (χ4v) is 3.23. The van der Waals surface area contributed by atoms with Crippen LogP contribution in [-0.4, -0.2) is 19.1 Å². The van der Waals surface area contributed by atoms with Gasteiger partial charge in [-0.25, -0.2) is 0 Å². The number of carbonyl (C=O) groups excluding carboxylic acids is 1. The van der Waals surface area contributed by atoms with Crippen LogP contribution in [0.4, 0.5) is 5.69 Å². The Morgan fingerprint density at radius 1 is 1.13 bits per heavy atom. The molecule has 0 aliphatic carbocycles. The molecule has 0 aromatic heterocycles. The van der Waals surface area contributed by atoms with Gasteiger partial charge < -0.3 is 10.1 Å². The first-order valence-electron chi connectivity index (χ1n) is 7.83. The van der Waals surface area contributed by atoms with E-state index in [1.165, 1.54) is 0 Å². The lowest BCUT2D eigenvalue weighted by molar-refractivity contribution is -0.125. The highest BCUT2D eigenvalue weighted by Gasteiger charge is 2.41. The van der Waals surface area contributed by atoms with Crippen LogP contribution in [-0.2, 0) is 14.9 Å². The van der Waals surface area contributed by atoms with Crippen molar-refractivity contribution in [2.75, 3.05) is 18.5 Å². The number of carbonyl (C=O) groups is 1. The summed E-state index contributed by atoms with van der Waals surface area (Å²) in [5, 5.41) is 3.70. The van der Waals surface area contributed by atoms with Crippen LogP contribution in [0.2, 0.25) is 5.02 Å². The number of rotatable bonds is 3. The molecular formula is C19H20ClNO2. The van der Waals surface area contributed by atoms with Crippen molar-refractivity contribution >= 4 is 23.2 Å². The van der Waals surface area contributed by atoms with Crippen LogP contribution in [0.3, 0.4) is 0 Å². The zero-order chi connectivity index (χ0) is 16.3. The first-order chi connectivity index (χ1) is 11.1. The summed E-state index contributed by atoms with van der Waals surface area (Å²) in [5.74, 6) is 0.00641. The summed E-state index contributed by atoms with van der Waals surface area (Å²) < 4.78 is 5.48. The van der Waals surface area contributed by atoms with E-state index in [2.05, 4.69) is 5.32 Å². The molecule has 1 aliphatic rings. The van der Waals surface area contributed by atoms with Gasteiger partial charge in [0.05, 0.1) is 5.41 Å². The van der Waals surface area contributed by atoms with E-state index in [1.807, 2.05) is 49.4 Å². The molecule has 1 fully saturated rings. The van der Waals surface area contributed by atoms with E-state index in [-0.39, 0.29) is 5.91 Å². The first-order valence-corrected chi connectivity index (χ1v) is 8.20. The third-order valence-electron chi connectivity index (χ3n) is 4.54. The van der Waals surface area contributed by atoms with Crippen molar-refractivity contribution in [1.82, 2.24) is 0 Å². The van der Waals surface area contributed by atoms with Crippen LogP contribution in [0.15, 0.2) is 48.5 Å². The van der Waals surface area contributed by atoms with Gasteiger partial charge in [-0.05, 0) is 43.0 Å². The van der Waals surface area contributed by atoms with Crippen molar-refractivity contribution in [3.8, 4) is 0 Å². The van der Waals surface area contributed by atoms with Gasteiger partial charge in [-0.15, -0.1) is 0 Å². The molecule has 23 heavy (non-hydrogen) atoms. The average Bonchev–Trinajstić information content (AvgIpc) is 2.59. The summed E-state index contributed by atoms with van der Waals surface area (Å²) in [6.07, 6.45) is 1.37. The Kier molecular flexibility index (Phi) is 4.69. The largest absolute Gasteiger partial charge is 0.381 e. The molecule has 4 heteroatoms. The van der Waals surface area contributed by atoms with Gasteiger partial charge in [-0.3, -0.25) is 4.79 Å². The van der Waals surface area contributed by atoms with Crippen molar-refractivity contribution in [2.45, 2.75) is 25.2 Å². The summed E-state index contributed by atoms with van der Waals surface area (Å²) in [7, 11) is 0. The van der Waals surface area contributed by atoms with Gasteiger partial charge >= 0.3 is 0 Å². The molecule has 0 unspecified atom stereocenters. The molecule has 0 saturated carbocycles. The molecule has 0 atom stereocenters. The summed E-state index contributed by atoms with van der Waals surface area (Å²) in [4.78, 5) is 13.1. The van der Waals surface area contributed by atoms with Crippen LogP contribution in [0.5, 0.6) is 0 Å². The molecule has 0 spiro atoms. The fourth-order valence-electron chi connectivity index (χ4n) is 3.05. The third kappa shape index (κ3) is 3.26. The molecule has 2 aromatic rings. The van der Waals surface area contributed by atoms with Gasteiger partial charge in [0.15, 0.2) is 0 Å². The second-order valence-electron chi connectivity index (χ2n) is 5.98. The number of anilines is 1. The zero-order valence-corrected chi connectivity index (χ0v) is 13.9. The molecular weight excluding hydrogens is 310 g/mol. The molecule has 0 radical (unpaired) electrons. The molecule has 0 bridgehead atoms. The molecule has 1 heterocycles. The number of halogens is 1. The zero-order valence-electron chi connectivity index (χ0n) is 13.1. The Morgan fingerprint density at radius 2 is 1.83 bits per heavy atom. The number of aryl methyl sites for hydroxylation is 1. The standard InChI is InChI=1S/C19H20ClNO2/c1-14-7-8-16(13-17(14)20)21-18(22)19(9-11-23-12-10-19)15-5-3-2-4-6-15/h2-8,13H,9-12H2,1H3,(H,21,22). The van der Waals surface area contributed by atoms with Crippen molar-refractivity contribution in [1.29, 1.82) is 0 Å². The highest BCUT2D eigenvalue weighted by molar-refractivity contribution is 6.31. The van der Waals surface area contributed by atoms with Crippen molar-refractivity contribution < 1.29 is 9.53 Å². The van der Waals surface area contributed by atoms with Crippen LogP contribution in [0, 0.1) is 6.92 Å². The van der Waals surface area contributed by atoms with E-state index in [1.54, 1.807) is 6.07 Å². The second-order valence-corrected chi connectivity index (χ2v) is 6.39. The van der Waals surface area contributed by atoms with Crippen molar-refractivity contribution in [2.24, 2.45) is 0 Å². The average molecular weight is 330 g/mol.